The molecular formula is C26H19FN2O6. The molecule has 0 atom stereocenters. The third-order valence-corrected chi connectivity index (χ3v) is 5.35. The first-order chi connectivity index (χ1) is 16.8. The van der Waals surface area contributed by atoms with Gasteiger partial charge in [-0.1, -0.05) is 48.5 Å². The molecule has 9 heteroatoms. The number of para-hydroxylation sites is 1. The summed E-state index contributed by atoms with van der Waals surface area (Å²) in [6.07, 6.45) is 0. The molecule has 0 unspecified atom stereocenters. The summed E-state index contributed by atoms with van der Waals surface area (Å²) in [4.78, 5) is 36.5. The number of halogens is 1. The molecule has 0 saturated heterocycles. The Morgan fingerprint density at radius 2 is 1.43 bits per heavy atom. The van der Waals surface area contributed by atoms with Crippen LogP contribution in [0.4, 0.5) is 4.39 Å². The Bertz CT molecular complexity index is 1430. The van der Waals surface area contributed by atoms with Crippen LogP contribution in [0.2, 0.25) is 0 Å². The van der Waals surface area contributed by atoms with E-state index in [1.165, 1.54) is 31.0 Å². The molecular weight excluding hydrogens is 455 g/mol. The van der Waals surface area contributed by atoms with Crippen LogP contribution in [0.25, 0.3) is 28.1 Å². The number of carbonyl (C=O) groups excluding carboxylic acids is 2. The third kappa shape index (κ3) is 4.39. The zero-order valence-electron chi connectivity index (χ0n) is 18.7. The minimum Gasteiger partial charge on any atom is -0.478 e. The molecule has 35 heavy (non-hydrogen) atoms. The molecule has 0 amide bonds. The van der Waals surface area contributed by atoms with E-state index in [0.717, 1.165) is 6.07 Å². The number of hydrogen-bond acceptors (Lipinski definition) is 6. The number of aromatic nitrogens is 2. The highest BCUT2D eigenvalue weighted by atomic mass is 19.1. The summed E-state index contributed by atoms with van der Waals surface area (Å²) >= 11 is 0. The van der Waals surface area contributed by atoms with Crippen molar-refractivity contribution in [3.63, 3.8) is 0 Å². The van der Waals surface area contributed by atoms with Crippen LogP contribution in [0.3, 0.4) is 0 Å². The minimum absolute atomic E-state index is 0.0622. The van der Waals surface area contributed by atoms with Crippen molar-refractivity contribution < 1.29 is 33.4 Å². The Morgan fingerprint density at radius 1 is 0.829 bits per heavy atom. The van der Waals surface area contributed by atoms with Gasteiger partial charge in [0.05, 0.1) is 25.5 Å². The number of rotatable bonds is 6. The first-order valence-corrected chi connectivity index (χ1v) is 10.3. The van der Waals surface area contributed by atoms with Crippen molar-refractivity contribution >= 4 is 17.9 Å². The van der Waals surface area contributed by atoms with Crippen molar-refractivity contribution in [2.75, 3.05) is 14.2 Å². The van der Waals surface area contributed by atoms with Gasteiger partial charge < -0.3 is 14.6 Å². The SMILES string of the molecule is COC(=O)c1c(-c2ccc(-c3ccc(C(=O)O)c(F)c3)cc2)nn(-c2ccccc2)c1C(=O)OC. The van der Waals surface area contributed by atoms with Gasteiger partial charge >= 0.3 is 17.9 Å². The van der Waals surface area contributed by atoms with Gasteiger partial charge in [-0.05, 0) is 35.4 Å². The van der Waals surface area contributed by atoms with Crippen LogP contribution in [0, 0.1) is 5.82 Å². The van der Waals surface area contributed by atoms with Crippen molar-refractivity contribution in [3.05, 3.63) is 95.4 Å². The maximum absolute atomic E-state index is 14.1. The van der Waals surface area contributed by atoms with E-state index >= 15 is 0 Å². The van der Waals surface area contributed by atoms with Crippen molar-refractivity contribution in [2.24, 2.45) is 0 Å². The van der Waals surface area contributed by atoms with E-state index in [-0.39, 0.29) is 17.0 Å². The number of carbonyl (C=O) groups is 3. The third-order valence-electron chi connectivity index (χ3n) is 5.35. The molecule has 0 saturated carbocycles. The number of carboxylic acid groups (broad SMARTS) is 1. The quantitative estimate of drug-likeness (QED) is 0.407. The molecule has 0 spiro atoms. The number of hydrogen-bond donors (Lipinski definition) is 1. The van der Waals surface area contributed by atoms with Crippen LogP contribution in [0.1, 0.15) is 31.2 Å². The van der Waals surface area contributed by atoms with Gasteiger partial charge in [-0.15, -0.1) is 0 Å². The van der Waals surface area contributed by atoms with Crippen molar-refractivity contribution in [1.82, 2.24) is 9.78 Å². The van der Waals surface area contributed by atoms with Crippen LogP contribution in [0.15, 0.2) is 72.8 Å². The molecule has 3 aromatic carbocycles. The second-order valence-electron chi connectivity index (χ2n) is 7.38. The van der Waals surface area contributed by atoms with Crippen molar-refractivity contribution in [2.45, 2.75) is 0 Å². The minimum atomic E-state index is -1.35. The number of esters is 2. The Labute approximate surface area is 199 Å². The highest BCUT2D eigenvalue weighted by molar-refractivity contribution is 6.06. The zero-order chi connectivity index (χ0) is 25.1. The molecule has 1 aromatic heterocycles. The largest absolute Gasteiger partial charge is 0.478 e. The molecule has 1 N–H and O–H groups in total. The average Bonchev–Trinajstić information content (AvgIpc) is 3.29. The summed E-state index contributed by atoms with van der Waals surface area (Å²) in [5, 5.41) is 13.6. The molecule has 176 valence electrons. The standard InChI is InChI=1S/C26H19FN2O6/c1-34-25(32)21-22(28-29(23(21)26(33)35-2)18-6-4-3-5-7-18)16-10-8-15(9-11-16)17-12-13-19(24(30)31)20(27)14-17/h3-14H,1-2H3,(H,30,31). The van der Waals surface area contributed by atoms with E-state index in [0.29, 0.717) is 22.4 Å². The van der Waals surface area contributed by atoms with Gasteiger partial charge in [0, 0.05) is 5.56 Å². The Balaban J connectivity index is 1.84. The lowest BCUT2D eigenvalue weighted by atomic mass is 9.99. The van der Waals surface area contributed by atoms with Gasteiger partial charge in [-0.25, -0.2) is 23.5 Å². The summed E-state index contributed by atoms with van der Waals surface area (Å²) in [5.41, 5.74) is 1.74. The predicted molar refractivity (Wildman–Crippen MR) is 124 cm³/mol. The maximum atomic E-state index is 14.1. The van der Waals surface area contributed by atoms with Crippen LogP contribution in [-0.4, -0.2) is 47.0 Å². The number of benzene rings is 3. The molecule has 0 bridgehead atoms. The molecule has 0 aliphatic carbocycles. The average molecular weight is 474 g/mol. The Morgan fingerprint density at radius 3 is 2.00 bits per heavy atom. The Hall–Kier alpha value is -4.79. The monoisotopic (exact) mass is 474 g/mol. The number of aromatic carboxylic acids is 1. The summed E-state index contributed by atoms with van der Waals surface area (Å²) in [6.45, 7) is 0. The summed E-state index contributed by atoms with van der Waals surface area (Å²) in [5.74, 6) is -3.73. The lowest BCUT2D eigenvalue weighted by Crippen LogP contribution is -2.15. The number of nitrogens with zero attached hydrogens (tertiary/aromatic N) is 2. The topological polar surface area (TPSA) is 108 Å². The first-order valence-electron chi connectivity index (χ1n) is 10.3. The van der Waals surface area contributed by atoms with Gasteiger partial charge in [0.1, 0.15) is 17.1 Å². The van der Waals surface area contributed by atoms with Gasteiger partial charge in [0.15, 0.2) is 5.69 Å². The van der Waals surface area contributed by atoms with E-state index in [4.69, 9.17) is 14.6 Å². The molecule has 0 fully saturated rings. The van der Waals surface area contributed by atoms with Crippen LogP contribution in [-0.2, 0) is 9.47 Å². The van der Waals surface area contributed by atoms with E-state index < -0.39 is 29.3 Å². The summed E-state index contributed by atoms with van der Waals surface area (Å²) in [6, 6.07) is 19.3. The van der Waals surface area contributed by atoms with E-state index in [1.807, 2.05) is 0 Å². The highest BCUT2D eigenvalue weighted by Gasteiger charge is 2.31. The first kappa shape index (κ1) is 23.4. The fraction of sp³-hybridized carbons (Fsp3) is 0.0769. The van der Waals surface area contributed by atoms with Gasteiger partial charge in [-0.3, -0.25) is 0 Å². The molecule has 0 aliphatic heterocycles. The normalized spacial score (nSPS) is 10.6. The highest BCUT2D eigenvalue weighted by Crippen LogP contribution is 2.31. The fourth-order valence-electron chi connectivity index (χ4n) is 3.65. The zero-order valence-corrected chi connectivity index (χ0v) is 18.7. The lowest BCUT2D eigenvalue weighted by molar-refractivity contribution is 0.0549. The van der Waals surface area contributed by atoms with Gasteiger partial charge in [-0.2, -0.15) is 5.10 Å². The molecule has 0 radical (unpaired) electrons. The summed E-state index contributed by atoms with van der Waals surface area (Å²) < 4.78 is 25.3. The van der Waals surface area contributed by atoms with Crippen LogP contribution in [0.5, 0.6) is 0 Å². The van der Waals surface area contributed by atoms with E-state index in [1.54, 1.807) is 54.6 Å². The molecule has 8 nitrogen and oxygen atoms in total. The molecule has 0 aliphatic rings. The maximum Gasteiger partial charge on any atom is 0.357 e. The smallest absolute Gasteiger partial charge is 0.357 e. The van der Waals surface area contributed by atoms with E-state index in [2.05, 4.69) is 5.10 Å². The predicted octanol–water partition coefficient (Wildman–Crippen LogP) is 4.62. The second kappa shape index (κ2) is 9.60. The lowest BCUT2D eigenvalue weighted by Gasteiger charge is -2.07. The van der Waals surface area contributed by atoms with Crippen molar-refractivity contribution in [3.8, 4) is 28.1 Å². The molecule has 1 heterocycles. The number of carboxylic acids is 1. The number of ether oxygens (including phenoxy) is 2. The van der Waals surface area contributed by atoms with E-state index in [9.17, 15) is 18.8 Å². The molecule has 4 rings (SSSR count). The van der Waals surface area contributed by atoms with Crippen molar-refractivity contribution in [1.29, 1.82) is 0 Å². The second-order valence-corrected chi connectivity index (χ2v) is 7.38. The van der Waals surface area contributed by atoms with Gasteiger partial charge in [0.25, 0.3) is 0 Å². The fourth-order valence-corrected chi connectivity index (χ4v) is 3.65. The molecule has 4 aromatic rings. The van der Waals surface area contributed by atoms with Crippen LogP contribution >= 0.6 is 0 Å². The number of methoxy groups -OCH3 is 2. The Kier molecular flexibility index (Phi) is 6.41. The summed E-state index contributed by atoms with van der Waals surface area (Å²) in [7, 11) is 2.40. The van der Waals surface area contributed by atoms with Crippen LogP contribution < -0.4 is 0 Å². The van der Waals surface area contributed by atoms with Gasteiger partial charge in [0.2, 0.25) is 0 Å².